The Morgan fingerprint density at radius 3 is 2.57 bits per heavy atom. The van der Waals surface area contributed by atoms with Gasteiger partial charge < -0.3 is 15.4 Å². The molecule has 0 saturated heterocycles. The van der Waals surface area contributed by atoms with Gasteiger partial charge in [0, 0.05) is 0 Å². The first-order valence-electron chi connectivity index (χ1n) is 4.72. The summed E-state index contributed by atoms with van der Waals surface area (Å²) in [4.78, 5) is 0. The summed E-state index contributed by atoms with van der Waals surface area (Å²) in [7, 11) is 3.60. The van der Waals surface area contributed by atoms with Crippen molar-refractivity contribution in [3.05, 3.63) is 23.3 Å². The fraction of sp³-hybridized carbons (Fsp3) is 0.455. The molecule has 0 bridgehead atoms. The second-order valence-electron chi connectivity index (χ2n) is 3.37. The van der Waals surface area contributed by atoms with E-state index < -0.39 is 0 Å². The molecule has 0 amide bonds. The molecule has 0 unspecified atom stereocenters. The van der Waals surface area contributed by atoms with Crippen molar-refractivity contribution in [2.75, 3.05) is 26.1 Å². The fourth-order valence-electron chi connectivity index (χ4n) is 1.49. The lowest BCUT2D eigenvalue weighted by Crippen LogP contribution is -2.17. The van der Waals surface area contributed by atoms with Crippen LogP contribution in [0.15, 0.2) is 12.1 Å². The first-order valence-corrected chi connectivity index (χ1v) is 4.72. The highest BCUT2D eigenvalue weighted by atomic mass is 16.5. The van der Waals surface area contributed by atoms with Gasteiger partial charge in [-0.15, -0.1) is 0 Å². The van der Waals surface area contributed by atoms with Gasteiger partial charge in [-0.2, -0.15) is 0 Å². The minimum Gasteiger partial charge on any atom is -0.495 e. The standard InChI is InChI=1S/C11H18N2O/c1-8-5-9(2)11(13-7-12-3)10(6-8)14-4/h5-6,12-13H,7H2,1-4H3. The number of ether oxygens (including phenoxy) is 1. The molecule has 3 heteroatoms. The normalized spacial score (nSPS) is 10.0. The summed E-state index contributed by atoms with van der Waals surface area (Å²) in [6.45, 7) is 4.88. The summed E-state index contributed by atoms with van der Waals surface area (Å²) < 4.78 is 5.31. The van der Waals surface area contributed by atoms with Gasteiger partial charge in [0.1, 0.15) is 5.75 Å². The maximum Gasteiger partial charge on any atom is 0.142 e. The van der Waals surface area contributed by atoms with Crippen LogP contribution in [-0.2, 0) is 0 Å². The summed E-state index contributed by atoms with van der Waals surface area (Å²) in [5.41, 5.74) is 3.49. The Kier molecular flexibility index (Phi) is 3.77. The Morgan fingerprint density at radius 2 is 2.00 bits per heavy atom. The number of aryl methyl sites for hydroxylation is 2. The van der Waals surface area contributed by atoms with Crippen LogP contribution in [0.3, 0.4) is 0 Å². The fourth-order valence-corrected chi connectivity index (χ4v) is 1.49. The predicted molar refractivity (Wildman–Crippen MR) is 60.0 cm³/mol. The van der Waals surface area contributed by atoms with E-state index in [1.165, 1.54) is 11.1 Å². The number of methoxy groups -OCH3 is 1. The predicted octanol–water partition coefficient (Wildman–Crippen LogP) is 1.90. The molecular weight excluding hydrogens is 176 g/mol. The van der Waals surface area contributed by atoms with Gasteiger partial charge in [-0.3, -0.25) is 0 Å². The molecule has 0 saturated carbocycles. The summed E-state index contributed by atoms with van der Waals surface area (Å²) in [5.74, 6) is 0.901. The van der Waals surface area contributed by atoms with E-state index in [-0.39, 0.29) is 0 Å². The van der Waals surface area contributed by atoms with Crippen LogP contribution < -0.4 is 15.4 Å². The Hall–Kier alpha value is -1.22. The van der Waals surface area contributed by atoms with E-state index in [2.05, 4.69) is 30.5 Å². The van der Waals surface area contributed by atoms with E-state index in [9.17, 15) is 0 Å². The van der Waals surface area contributed by atoms with Crippen LogP contribution in [0.25, 0.3) is 0 Å². The molecule has 1 rings (SSSR count). The van der Waals surface area contributed by atoms with Gasteiger partial charge >= 0.3 is 0 Å². The summed E-state index contributed by atoms with van der Waals surface area (Å²) in [6.07, 6.45) is 0. The maximum absolute atomic E-state index is 5.31. The molecule has 0 aliphatic heterocycles. The Balaban J connectivity index is 2.99. The minimum absolute atomic E-state index is 0.736. The van der Waals surface area contributed by atoms with Gasteiger partial charge in [0.25, 0.3) is 0 Å². The van der Waals surface area contributed by atoms with Gasteiger partial charge in [-0.1, -0.05) is 6.07 Å². The Labute approximate surface area is 85.5 Å². The van der Waals surface area contributed by atoms with Crippen molar-refractivity contribution >= 4 is 5.69 Å². The number of nitrogens with one attached hydrogen (secondary N) is 2. The Morgan fingerprint density at radius 1 is 1.29 bits per heavy atom. The molecule has 0 aliphatic rings. The van der Waals surface area contributed by atoms with E-state index in [0.29, 0.717) is 0 Å². The summed E-state index contributed by atoms with van der Waals surface area (Å²) >= 11 is 0. The van der Waals surface area contributed by atoms with Crippen molar-refractivity contribution in [3.63, 3.8) is 0 Å². The molecule has 1 aromatic rings. The average Bonchev–Trinajstić information content (AvgIpc) is 2.15. The zero-order valence-electron chi connectivity index (χ0n) is 9.27. The van der Waals surface area contributed by atoms with Crippen molar-refractivity contribution in [1.82, 2.24) is 5.32 Å². The number of hydrogen-bond acceptors (Lipinski definition) is 3. The Bertz CT molecular complexity index is 310. The lowest BCUT2D eigenvalue weighted by molar-refractivity contribution is 0.415. The molecule has 78 valence electrons. The van der Waals surface area contributed by atoms with Gasteiger partial charge in [0.2, 0.25) is 0 Å². The van der Waals surface area contributed by atoms with Crippen molar-refractivity contribution in [1.29, 1.82) is 0 Å². The van der Waals surface area contributed by atoms with E-state index >= 15 is 0 Å². The monoisotopic (exact) mass is 194 g/mol. The second kappa shape index (κ2) is 4.86. The largest absolute Gasteiger partial charge is 0.495 e. The van der Waals surface area contributed by atoms with E-state index in [1.54, 1.807) is 7.11 Å². The molecule has 0 spiro atoms. The third-order valence-electron chi connectivity index (χ3n) is 2.11. The zero-order valence-corrected chi connectivity index (χ0v) is 9.27. The van der Waals surface area contributed by atoms with Crippen LogP contribution in [0.5, 0.6) is 5.75 Å². The average molecular weight is 194 g/mol. The first kappa shape index (κ1) is 10.9. The van der Waals surface area contributed by atoms with Crippen molar-refractivity contribution in [3.8, 4) is 5.75 Å². The summed E-state index contributed by atoms with van der Waals surface area (Å²) in [5, 5.41) is 6.32. The number of hydrogen-bond donors (Lipinski definition) is 2. The van der Waals surface area contributed by atoms with Gasteiger partial charge in [0.15, 0.2) is 0 Å². The SMILES string of the molecule is CNCNc1c(C)cc(C)cc1OC. The molecule has 0 heterocycles. The molecule has 0 atom stereocenters. The molecule has 0 fully saturated rings. The highest BCUT2D eigenvalue weighted by Crippen LogP contribution is 2.29. The van der Waals surface area contributed by atoms with Crippen LogP contribution >= 0.6 is 0 Å². The van der Waals surface area contributed by atoms with Crippen molar-refractivity contribution in [2.24, 2.45) is 0 Å². The van der Waals surface area contributed by atoms with Crippen molar-refractivity contribution < 1.29 is 4.74 Å². The second-order valence-corrected chi connectivity index (χ2v) is 3.37. The van der Waals surface area contributed by atoms with E-state index in [4.69, 9.17) is 4.74 Å². The van der Waals surface area contributed by atoms with Crippen LogP contribution in [0.2, 0.25) is 0 Å². The maximum atomic E-state index is 5.31. The lowest BCUT2D eigenvalue weighted by atomic mass is 10.1. The molecule has 0 radical (unpaired) electrons. The zero-order chi connectivity index (χ0) is 10.6. The highest BCUT2D eigenvalue weighted by Gasteiger charge is 2.05. The molecular formula is C11H18N2O. The third kappa shape index (κ3) is 2.39. The number of benzene rings is 1. The summed E-state index contributed by atoms with van der Waals surface area (Å²) in [6, 6.07) is 4.17. The van der Waals surface area contributed by atoms with E-state index in [1.807, 2.05) is 13.1 Å². The van der Waals surface area contributed by atoms with E-state index in [0.717, 1.165) is 18.1 Å². The van der Waals surface area contributed by atoms with Crippen LogP contribution in [0, 0.1) is 13.8 Å². The highest BCUT2D eigenvalue weighted by molar-refractivity contribution is 5.62. The third-order valence-corrected chi connectivity index (χ3v) is 2.11. The first-order chi connectivity index (χ1) is 6.69. The smallest absolute Gasteiger partial charge is 0.142 e. The molecule has 3 nitrogen and oxygen atoms in total. The minimum atomic E-state index is 0.736. The molecule has 0 aliphatic carbocycles. The van der Waals surface area contributed by atoms with Crippen LogP contribution in [-0.4, -0.2) is 20.8 Å². The molecule has 2 N–H and O–H groups in total. The number of rotatable bonds is 4. The molecule has 1 aromatic carbocycles. The number of anilines is 1. The molecule has 0 aromatic heterocycles. The lowest BCUT2D eigenvalue weighted by Gasteiger charge is -2.14. The van der Waals surface area contributed by atoms with Crippen LogP contribution in [0.4, 0.5) is 5.69 Å². The topological polar surface area (TPSA) is 33.3 Å². The quantitative estimate of drug-likeness (QED) is 0.718. The van der Waals surface area contributed by atoms with Crippen molar-refractivity contribution in [2.45, 2.75) is 13.8 Å². The van der Waals surface area contributed by atoms with Gasteiger partial charge in [-0.05, 0) is 38.1 Å². The van der Waals surface area contributed by atoms with Gasteiger partial charge in [0.05, 0.1) is 19.5 Å². The molecule has 14 heavy (non-hydrogen) atoms. The van der Waals surface area contributed by atoms with Gasteiger partial charge in [-0.25, -0.2) is 0 Å². The van der Waals surface area contributed by atoms with Crippen LogP contribution in [0.1, 0.15) is 11.1 Å².